The van der Waals surface area contributed by atoms with Gasteiger partial charge in [0.1, 0.15) is 12.3 Å². The van der Waals surface area contributed by atoms with E-state index in [9.17, 15) is 9.50 Å². The highest BCUT2D eigenvalue weighted by molar-refractivity contribution is 5.71. The minimum Gasteiger partial charge on any atom is -0.394 e. The van der Waals surface area contributed by atoms with Crippen LogP contribution in [0.15, 0.2) is 6.20 Å². The van der Waals surface area contributed by atoms with Crippen molar-refractivity contribution >= 4 is 17.1 Å². The number of H-pyrrole nitrogens is 1. The van der Waals surface area contributed by atoms with E-state index in [1.54, 1.807) is 7.05 Å². The van der Waals surface area contributed by atoms with Gasteiger partial charge in [0.25, 0.3) is 5.65 Å². The number of nitrogens with zero attached hydrogens (tertiary/aromatic N) is 3. The quantitative estimate of drug-likeness (QED) is 0.428. The second-order valence-corrected chi connectivity index (χ2v) is 4.60. The highest BCUT2D eigenvalue weighted by Gasteiger charge is 2.39. The van der Waals surface area contributed by atoms with Gasteiger partial charge in [-0.25, -0.2) is 0 Å². The first-order valence-electron chi connectivity index (χ1n) is 6.22. The first-order chi connectivity index (χ1) is 9.62. The maximum Gasteiger partial charge on any atom is 0.492 e. The molecule has 3 rings (SSSR count). The van der Waals surface area contributed by atoms with Crippen molar-refractivity contribution < 1.29 is 23.9 Å². The minimum atomic E-state index is -0.831. The van der Waals surface area contributed by atoms with E-state index in [1.807, 2.05) is 0 Å². The number of aromatic amines is 1. The number of ether oxygens (including phenoxy) is 1. The van der Waals surface area contributed by atoms with Crippen LogP contribution in [0, 0.1) is 6.08 Å². The van der Waals surface area contributed by atoms with Crippen LogP contribution in [0.5, 0.6) is 0 Å². The fraction of sp³-hybridized carbons (Fsp3) is 0.545. The number of anilines is 1. The fourth-order valence-electron chi connectivity index (χ4n) is 2.26. The minimum absolute atomic E-state index is 0.188. The lowest BCUT2D eigenvalue weighted by molar-refractivity contribution is -0.784. The molecule has 0 aromatic carbocycles. The Morgan fingerprint density at radius 1 is 1.60 bits per heavy atom. The van der Waals surface area contributed by atoms with Crippen LogP contribution in [0.1, 0.15) is 12.6 Å². The predicted molar refractivity (Wildman–Crippen MR) is 65.2 cm³/mol. The molecule has 0 radical (unpaired) electrons. The van der Waals surface area contributed by atoms with E-state index >= 15 is 0 Å². The predicted octanol–water partition coefficient (Wildman–Crippen LogP) is -0.933. The monoisotopic (exact) mass is 284 g/mol. The van der Waals surface area contributed by atoms with Gasteiger partial charge >= 0.3 is 6.08 Å². The van der Waals surface area contributed by atoms with Crippen molar-refractivity contribution in [3.8, 4) is 0 Å². The third-order valence-electron chi connectivity index (χ3n) is 3.32. The summed E-state index contributed by atoms with van der Waals surface area (Å²) in [5.74, 6) is 0.477. The molecule has 1 saturated heterocycles. The van der Waals surface area contributed by atoms with Gasteiger partial charge in [0.2, 0.25) is 12.2 Å². The first-order valence-corrected chi connectivity index (χ1v) is 6.22. The van der Waals surface area contributed by atoms with Crippen LogP contribution in [0.2, 0.25) is 0 Å². The Labute approximate surface area is 113 Å². The summed E-state index contributed by atoms with van der Waals surface area (Å²) in [4.78, 5) is 10.7. The fourth-order valence-corrected chi connectivity index (χ4v) is 2.26. The van der Waals surface area contributed by atoms with Gasteiger partial charge < -0.3 is 25.3 Å². The number of aromatic nitrogens is 4. The van der Waals surface area contributed by atoms with Gasteiger partial charge in [0.15, 0.2) is 5.52 Å². The molecule has 1 fully saturated rings. The zero-order chi connectivity index (χ0) is 14.3. The molecule has 9 heteroatoms. The maximum absolute atomic E-state index is 14.0. The Bertz CT molecular complexity index is 634. The molecule has 1 aliphatic heterocycles. The molecular weight excluding hydrogens is 269 g/mol. The van der Waals surface area contributed by atoms with Crippen molar-refractivity contribution in [2.45, 2.75) is 24.9 Å². The highest BCUT2D eigenvalue weighted by Crippen LogP contribution is 2.25. The molecule has 1 aliphatic rings. The largest absolute Gasteiger partial charge is 0.492 e. The molecule has 2 aromatic rings. The summed E-state index contributed by atoms with van der Waals surface area (Å²) in [6, 6.07) is 0. The molecule has 0 spiro atoms. The smallest absolute Gasteiger partial charge is 0.394 e. The number of hydrogen-bond acceptors (Lipinski definition) is 6. The van der Waals surface area contributed by atoms with Crippen LogP contribution in [0.3, 0.4) is 0 Å². The molecule has 20 heavy (non-hydrogen) atoms. The first kappa shape index (κ1) is 13.2. The van der Waals surface area contributed by atoms with Crippen LogP contribution < -0.4 is 9.88 Å². The molecule has 0 saturated carbocycles. The summed E-state index contributed by atoms with van der Waals surface area (Å²) in [7, 11) is 1.68. The van der Waals surface area contributed by atoms with Gasteiger partial charge in [-0.05, 0) is 0 Å². The second-order valence-electron chi connectivity index (χ2n) is 4.60. The van der Waals surface area contributed by atoms with E-state index in [0.29, 0.717) is 11.5 Å². The number of hydrogen-bond donors (Lipinski definition) is 4. The number of nitrogens with one attached hydrogen (secondary N) is 2. The Balaban J connectivity index is 1.97. The van der Waals surface area contributed by atoms with Crippen LogP contribution in [0.25, 0.3) is 11.2 Å². The molecule has 0 aliphatic carbocycles. The lowest BCUT2D eigenvalue weighted by atomic mass is 10.2. The summed E-state index contributed by atoms with van der Waals surface area (Å²) in [6.45, 7) is -0.316. The van der Waals surface area contributed by atoms with E-state index in [4.69, 9.17) is 9.84 Å². The van der Waals surface area contributed by atoms with Gasteiger partial charge in [0, 0.05) is 18.5 Å². The molecule has 3 heterocycles. The molecular formula is C11H15FN5O3+. The van der Waals surface area contributed by atoms with E-state index in [0.717, 1.165) is 0 Å². The third kappa shape index (κ3) is 2.09. The average Bonchev–Trinajstić information content (AvgIpc) is 3.00. The number of aliphatic hydroxyl groups excluding tert-OH is 2. The van der Waals surface area contributed by atoms with Crippen molar-refractivity contribution in [3.63, 3.8) is 0 Å². The number of rotatable bonds is 3. The Kier molecular flexibility index (Phi) is 3.24. The molecule has 4 N–H and O–H groups in total. The van der Waals surface area contributed by atoms with Crippen LogP contribution >= 0.6 is 0 Å². The van der Waals surface area contributed by atoms with Crippen LogP contribution in [0.4, 0.5) is 10.3 Å². The van der Waals surface area contributed by atoms with Gasteiger partial charge in [-0.15, -0.1) is 4.39 Å². The second kappa shape index (κ2) is 4.93. The average molecular weight is 284 g/mol. The molecule has 8 nitrogen and oxygen atoms in total. The molecule has 3 atom stereocenters. The molecule has 0 bridgehead atoms. The van der Waals surface area contributed by atoms with Gasteiger partial charge in [0.05, 0.1) is 12.7 Å². The lowest BCUT2D eigenvalue weighted by Gasteiger charge is -2.10. The Hall–Kier alpha value is -1.84. The Morgan fingerprint density at radius 2 is 2.40 bits per heavy atom. The summed E-state index contributed by atoms with van der Waals surface area (Å²) >= 11 is 0. The molecule has 1 unspecified atom stereocenters. The van der Waals surface area contributed by atoms with Crippen molar-refractivity contribution in [3.05, 3.63) is 12.3 Å². The molecule has 0 amide bonds. The number of halogens is 1. The summed E-state index contributed by atoms with van der Waals surface area (Å²) < 4.78 is 20.6. The zero-order valence-corrected chi connectivity index (χ0v) is 10.7. The van der Waals surface area contributed by atoms with E-state index < -0.39 is 24.5 Å². The van der Waals surface area contributed by atoms with Gasteiger partial charge in [-0.1, -0.05) is 0 Å². The topological polar surface area (TPSA) is 107 Å². The zero-order valence-electron chi connectivity index (χ0n) is 10.7. The number of aliphatic hydroxyl groups is 2. The highest BCUT2D eigenvalue weighted by atomic mass is 19.1. The van der Waals surface area contributed by atoms with Gasteiger partial charge in [-0.2, -0.15) is 9.55 Å². The summed E-state index contributed by atoms with van der Waals surface area (Å²) in [5.41, 5.74) is 0.793. The number of imidazole rings is 1. The van der Waals surface area contributed by atoms with Crippen molar-refractivity contribution in [1.29, 1.82) is 0 Å². The number of fused-ring (bicyclic) bond motifs is 1. The maximum atomic E-state index is 14.0. The van der Waals surface area contributed by atoms with E-state index in [-0.39, 0.29) is 18.7 Å². The Morgan fingerprint density at radius 3 is 3.05 bits per heavy atom. The van der Waals surface area contributed by atoms with E-state index in [2.05, 4.69) is 20.3 Å². The van der Waals surface area contributed by atoms with E-state index in [1.165, 1.54) is 10.8 Å². The van der Waals surface area contributed by atoms with Crippen LogP contribution in [-0.4, -0.2) is 51.0 Å². The van der Waals surface area contributed by atoms with Crippen molar-refractivity contribution in [2.75, 3.05) is 19.0 Å². The summed E-state index contributed by atoms with van der Waals surface area (Å²) in [5, 5.41) is 21.6. The SMILES string of the molecule is CNc1nc2nc(F)[n+](C3C[C@H](O)[C@@H](CO)O3)cc2[nH]1. The van der Waals surface area contributed by atoms with Crippen molar-refractivity contribution in [2.24, 2.45) is 0 Å². The van der Waals surface area contributed by atoms with Crippen molar-refractivity contribution in [1.82, 2.24) is 15.0 Å². The third-order valence-corrected chi connectivity index (χ3v) is 3.32. The summed E-state index contributed by atoms with van der Waals surface area (Å²) in [6.07, 6.45) is -1.34. The van der Waals surface area contributed by atoms with Crippen LogP contribution in [-0.2, 0) is 4.74 Å². The lowest BCUT2D eigenvalue weighted by Crippen LogP contribution is -2.44. The normalized spacial score (nSPS) is 26.3. The van der Waals surface area contributed by atoms with Gasteiger partial charge in [-0.3, -0.25) is 0 Å². The molecule has 108 valence electrons. The standard InChI is InChI=1S/C11H14FN5O3/c1-13-11-14-5-3-17(10(12)15-9(5)16-11)8-2-6(19)7(4-18)20-8/h3,6-8,18-19H,2,4H2,1H3,(H,13,14)/p+1/t6-,7+,8?/m0/s1. The molecule has 2 aromatic heterocycles.